The quantitative estimate of drug-likeness (QED) is 0.900. The highest BCUT2D eigenvalue weighted by atomic mass is 16.5. The predicted molar refractivity (Wildman–Crippen MR) is 105 cm³/mol. The first-order chi connectivity index (χ1) is 13.2. The summed E-state index contributed by atoms with van der Waals surface area (Å²) in [7, 11) is 0. The highest BCUT2D eigenvalue weighted by Gasteiger charge is 2.26. The van der Waals surface area contributed by atoms with Crippen molar-refractivity contribution in [3.8, 4) is 0 Å². The summed E-state index contributed by atoms with van der Waals surface area (Å²) in [6.45, 7) is 6.72. The third-order valence-corrected chi connectivity index (χ3v) is 5.27. The second kappa shape index (κ2) is 8.00. The van der Waals surface area contributed by atoms with Crippen LogP contribution in [0.15, 0.2) is 36.7 Å². The van der Waals surface area contributed by atoms with Crippen LogP contribution in [-0.4, -0.2) is 53.5 Å². The Hall–Kier alpha value is -2.54. The summed E-state index contributed by atoms with van der Waals surface area (Å²) in [6, 6.07) is 8.04. The number of ether oxygens (including phenoxy) is 1. The van der Waals surface area contributed by atoms with Gasteiger partial charge in [-0.3, -0.25) is 4.68 Å². The van der Waals surface area contributed by atoms with E-state index in [2.05, 4.69) is 34.4 Å². The molecule has 0 radical (unpaired) electrons. The zero-order valence-electron chi connectivity index (χ0n) is 15.8. The Morgan fingerprint density at radius 2 is 2.15 bits per heavy atom. The fraction of sp³-hybridized carbons (Fsp3) is 0.500. The molecule has 144 valence electrons. The molecule has 2 aliphatic rings. The molecule has 0 saturated carbocycles. The molecule has 2 amide bonds. The van der Waals surface area contributed by atoms with Crippen molar-refractivity contribution in [3.05, 3.63) is 42.2 Å². The van der Waals surface area contributed by atoms with Crippen molar-refractivity contribution in [1.82, 2.24) is 14.7 Å². The van der Waals surface area contributed by atoms with Crippen LogP contribution in [0.25, 0.3) is 0 Å². The maximum Gasteiger partial charge on any atom is 0.322 e. The lowest BCUT2D eigenvalue weighted by atomic mass is 10.1. The van der Waals surface area contributed by atoms with Gasteiger partial charge in [0.25, 0.3) is 0 Å². The number of urea groups is 1. The monoisotopic (exact) mass is 369 g/mol. The first-order valence-electron chi connectivity index (χ1n) is 9.78. The molecule has 27 heavy (non-hydrogen) atoms. The number of benzene rings is 1. The molecule has 2 saturated heterocycles. The Balaban J connectivity index is 1.39. The smallest absolute Gasteiger partial charge is 0.322 e. The van der Waals surface area contributed by atoms with Crippen molar-refractivity contribution in [2.24, 2.45) is 0 Å². The number of aromatic nitrogens is 2. The average molecular weight is 369 g/mol. The van der Waals surface area contributed by atoms with Gasteiger partial charge in [-0.15, -0.1) is 0 Å². The Bertz CT molecular complexity index is 784. The van der Waals surface area contributed by atoms with Gasteiger partial charge in [0.1, 0.15) is 6.10 Å². The molecule has 1 aromatic heterocycles. The Kier molecular flexibility index (Phi) is 5.29. The lowest BCUT2D eigenvalue weighted by Crippen LogP contribution is -2.44. The number of hydrogen-bond donors (Lipinski definition) is 1. The summed E-state index contributed by atoms with van der Waals surface area (Å²) in [6.07, 6.45) is 6.17. The number of carbonyl (C=O) groups is 1. The van der Waals surface area contributed by atoms with E-state index in [1.807, 2.05) is 34.1 Å². The van der Waals surface area contributed by atoms with E-state index >= 15 is 0 Å². The van der Waals surface area contributed by atoms with Gasteiger partial charge < -0.3 is 19.9 Å². The molecule has 1 aromatic carbocycles. The Morgan fingerprint density at radius 1 is 1.30 bits per heavy atom. The molecule has 4 rings (SSSR count). The van der Waals surface area contributed by atoms with Crippen LogP contribution in [0.5, 0.6) is 0 Å². The Labute approximate surface area is 159 Å². The number of nitrogens with zero attached hydrogens (tertiary/aromatic N) is 4. The molecule has 2 fully saturated rings. The van der Waals surface area contributed by atoms with Gasteiger partial charge in [-0.05, 0) is 38.0 Å². The lowest BCUT2D eigenvalue weighted by molar-refractivity contribution is -0.0135. The predicted octanol–water partition coefficient (Wildman–Crippen LogP) is 3.11. The number of anilines is 2. The van der Waals surface area contributed by atoms with Gasteiger partial charge in [0.15, 0.2) is 0 Å². The van der Waals surface area contributed by atoms with E-state index in [0.29, 0.717) is 19.7 Å². The van der Waals surface area contributed by atoms with Crippen LogP contribution in [0, 0.1) is 0 Å². The second-order valence-corrected chi connectivity index (χ2v) is 7.11. The van der Waals surface area contributed by atoms with E-state index in [-0.39, 0.29) is 12.1 Å². The summed E-state index contributed by atoms with van der Waals surface area (Å²) in [4.78, 5) is 16.9. The summed E-state index contributed by atoms with van der Waals surface area (Å²) in [5.41, 5.74) is 3.04. The van der Waals surface area contributed by atoms with Crippen molar-refractivity contribution in [2.75, 3.05) is 43.0 Å². The van der Waals surface area contributed by atoms with Crippen LogP contribution in [0.2, 0.25) is 0 Å². The minimum absolute atomic E-state index is 0.0789. The van der Waals surface area contributed by atoms with Crippen molar-refractivity contribution >= 4 is 17.4 Å². The van der Waals surface area contributed by atoms with Gasteiger partial charge in [0.2, 0.25) is 0 Å². The maximum absolute atomic E-state index is 12.8. The molecule has 0 unspecified atom stereocenters. The molecule has 7 nitrogen and oxygen atoms in total. The molecular formula is C20H27N5O2. The van der Waals surface area contributed by atoms with Crippen LogP contribution in [0.4, 0.5) is 16.2 Å². The number of nitrogens with one attached hydrogen (secondary N) is 1. The van der Waals surface area contributed by atoms with Crippen molar-refractivity contribution in [3.63, 3.8) is 0 Å². The van der Waals surface area contributed by atoms with Gasteiger partial charge in [-0.2, -0.15) is 5.10 Å². The van der Waals surface area contributed by atoms with Gasteiger partial charge in [-0.1, -0.05) is 6.07 Å². The highest BCUT2D eigenvalue weighted by molar-refractivity contribution is 5.90. The maximum atomic E-state index is 12.8. The van der Waals surface area contributed by atoms with Crippen molar-refractivity contribution < 1.29 is 9.53 Å². The summed E-state index contributed by atoms with van der Waals surface area (Å²) >= 11 is 0. The normalized spacial score (nSPS) is 20.1. The molecule has 2 aliphatic heterocycles. The van der Waals surface area contributed by atoms with E-state index in [1.165, 1.54) is 18.5 Å². The van der Waals surface area contributed by atoms with E-state index in [1.54, 1.807) is 0 Å². The first-order valence-corrected chi connectivity index (χ1v) is 9.78. The number of amides is 2. The SMILES string of the molecule is CCn1cc([C@@H]2CN(C(=O)Nc3cccc(N4CCCC4)c3)CCO2)cn1. The molecule has 0 bridgehead atoms. The fourth-order valence-corrected chi connectivity index (χ4v) is 3.71. The fourth-order valence-electron chi connectivity index (χ4n) is 3.71. The number of rotatable bonds is 4. The van der Waals surface area contributed by atoms with Gasteiger partial charge >= 0.3 is 6.03 Å². The van der Waals surface area contributed by atoms with Gasteiger partial charge in [0.05, 0.1) is 19.3 Å². The molecule has 7 heteroatoms. The van der Waals surface area contributed by atoms with Crippen LogP contribution < -0.4 is 10.2 Å². The minimum Gasteiger partial charge on any atom is -0.371 e. The highest BCUT2D eigenvalue weighted by Crippen LogP contribution is 2.25. The molecule has 0 aliphatic carbocycles. The topological polar surface area (TPSA) is 62.6 Å². The third-order valence-electron chi connectivity index (χ3n) is 5.27. The van der Waals surface area contributed by atoms with Crippen molar-refractivity contribution in [1.29, 1.82) is 0 Å². The third kappa shape index (κ3) is 4.08. The molecule has 1 N–H and O–H groups in total. The van der Waals surface area contributed by atoms with Crippen molar-refractivity contribution in [2.45, 2.75) is 32.4 Å². The molecule has 0 spiro atoms. The van der Waals surface area contributed by atoms with Gasteiger partial charge in [0, 0.05) is 49.3 Å². The number of aryl methyl sites for hydroxylation is 1. The molecule has 3 heterocycles. The van der Waals surface area contributed by atoms with Crippen LogP contribution in [0.3, 0.4) is 0 Å². The summed E-state index contributed by atoms with van der Waals surface area (Å²) < 4.78 is 7.73. The summed E-state index contributed by atoms with van der Waals surface area (Å²) in [5.74, 6) is 0. The van der Waals surface area contributed by atoms with E-state index in [9.17, 15) is 4.79 Å². The van der Waals surface area contributed by atoms with E-state index < -0.39 is 0 Å². The number of hydrogen-bond acceptors (Lipinski definition) is 4. The van der Waals surface area contributed by atoms with Crippen LogP contribution in [0.1, 0.15) is 31.4 Å². The van der Waals surface area contributed by atoms with Crippen LogP contribution in [-0.2, 0) is 11.3 Å². The zero-order valence-corrected chi connectivity index (χ0v) is 15.8. The minimum atomic E-state index is -0.124. The zero-order chi connectivity index (χ0) is 18.6. The van der Waals surface area contributed by atoms with E-state index in [4.69, 9.17) is 4.74 Å². The lowest BCUT2D eigenvalue weighted by Gasteiger charge is -2.32. The second-order valence-electron chi connectivity index (χ2n) is 7.11. The number of carbonyl (C=O) groups excluding carboxylic acids is 1. The average Bonchev–Trinajstić information content (AvgIpc) is 3.40. The van der Waals surface area contributed by atoms with Gasteiger partial charge in [-0.25, -0.2) is 4.79 Å². The molecular weight excluding hydrogens is 342 g/mol. The number of morpholine rings is 1. The Morgan fingerprint density at radius 3 is 2.93 bits per heavy atom. The first kappa shape index (κ1) is 17.9. The van der Waals surface area contributed by atoms with Crippen LogP contribution >= 0.6 is 0 Å². The largest absolute Gasteiger partial charge is 0.371 e. The standard InChI is InChI=1S/C20H27N5O2/c1-2-25-14-16(13-21-25)19-15-24(10-11-27-19)20(26)22-17-6-5-7-18(12-17)23-8-3-4-9-23/h5-7,12-14,19H,2-4,8-11,15H2,1H3,(H,22,26)/t19-/m0/s1. The summed E-state index contributed by atoms with van der Waals surface area (Å²) in [5, 5.41) is 7.36. The van der Waals surface area contributed by atoms with E-state index in [0.717, 1.165) is 30.9 Å². The molecule has 1 atom stereocenters. The molecule has 2 aromatic rings.